The van der Waals surface area contributed by atoms with Gasteiger partial charge in [-0.15, -0.1) is 11.3 Å². The lowest BCUT2D eigenvalue weighted by molar-refractivity contribution is -0.149. The maximum Gasteiger partial charge on any atom is 0.338 e. The van der Waals surface area contributed by atoms with Crippen molar-refractivity contribution in [2.75, 3.05) is 26.3 Å². The second kappa shape index (κ2) is 10.8. The van der Waals surface area contributed by atoms with Gasteiger partial charge < -0.3 is 19.9 Å². The third kappa shape index (κ3) is 5.53. The van der Waals surface area contributed by atoms with Gasteiger partial charge in [0, 0.05) is 35.9 Å². The van der Waals surface area contributed by atoms with Crippen molar-refractivity contribution < 1.29 is 28.6 Å². The molecule has 1 aromatic heterocycles. The second-order valence-corrected chi connectivity index (χ2v) is 9.50. The van der Waals surface area contributed by atoms with E-state index in [2.05, 4.69) is 15.3 Å². The molecule has 35 heavy (non-hydrogen) atoms. The molecule has 2 aliphatic rings. The third-order valence-corrected chi connectivity index (χ3v) is 6.66. The second-order valence-electron chi connectivity index (χ2n) is 8.23. The minimum absolute atomic E-state index is 0.0148. The summed E-state index contributed by atoms with van der Waals surface area (Å²) in [6.45, 7) is 4.19. The highest BCUT2D eigenvalue weighted by atomic mass is 35.5. The van der Waals surface area contributed by atoms with Gasteiger partial charge in [0.05, 0.1) is 29.9 Å². The predicted octanol–water partition coefficient (Wildman–Crippen LogP) is 3.02. The van der Waals surface area contributed by atoms with Crippen molar-refractivity contribution in [2.24, 2.45) is 4.99 Å². The maximum atomic E-state index is 14.4. The molecule has 12 heteroatoms. The molecule has 0 bridgehead atoms. The zero-order valence-corrected chi connectivity index (χ0v) is 20.6. The van der Waals surface area contributed by atoms with Crippen LogP contribution in [0.1, 0.15) is 30.5 Å². The van der Waals surface area contributed by atoms with Crippen LogP contribution >= 0.6 is 22.9 Å². The van der Waals surface area contributed by atoms with Crippen molar-refractivity contribution in [3.05, 3.63) is 62.5 Å². The summed E-state index contributed by atoms with van der Waals surface area (Å²) in [5.74, 6) is -1.98. The van der Waals surface area contributed by atoms with Crippen molar-refractivity contribution >= 4 is 40.7 Å². The van der Waals surface area contributed by atoms with Gasteiger partial charge in [-0.2, -0.15) is 0 Å². The van der Waals surface area contributed by atoms with Crippen molar-refractivity contribution in [1.29, 1.82) is 0 Å². The molecular weight excluding hydrogens is 499 g/mol. The van der Waals surface area contributed by atoms with Gasteiger partial charge in [0.1, 0.15) is 17.9 Å². The van der Waals surface area contributed by atoms with Gasteiger partial charge in [0.2, 0.25) is 0 Å². The number of aliphatic imine (C=N–C) groups is 1. The normalized spacial score (nSPS) is 21.0. The van der Waals surface area contributed by atoms with E-state index in [9.17, 15) is 19.1 Å². The van der Waals surface area contributed by atoms with E-state index in [1.807, 2.05) is 0 Å². The Morgan fingerprint density at radius 2 is 2.23 bits per heavy atom. The number of thiazole rings is 1. The van der Waals surface area contributed by atoms with Crippen LogP contribution in [-0.2, 0) is 19.1 Å². The van der Waals surface area contributed by atoms with E-state index in [4.69, 9.17) is 21.1 Å². The lowest BCUT2D eigenvalue weighted by Crippen LogP contribution is -2.52. The van der Waals surface area contributed by atoms with E-state index < -0.39 is 35.9 Å². The van der Waals surface area contributed by atoms with Crippen molar-refractivity contribution in [1.82, 2.24) is 15.2 Å². The largest absolute Gasteiger partial charge is 0.480 e. The summed E-state index contributed by atoms with van der Waals surface area (Å²) in [7, 11) is 0. The van der Waals surface area contributed by atoms with Crippen LogP contribution in [0.2, 0.25) is 5.02 Å². The Morgan fingerprint density at radius 1 is 1.43 bits per heavy atom. The fraction of sp³-hybridized carbons (Fsp3) is 0.391. The minimum Gasteiger partial charge on any atom is -0.480 e. The number of carbonyl (C=O) groups is 2. The number of carboxylic acids is 1. The molecule has 2 atom stereocenters. The summed E-state index contributed by atoms with van der Waals surface area (Å²) in [5.41, 5.74) is 0.795. The number of carbonyl (C=O) groups excluding carboxylic acids is 1. The Kier molecular flexibility index (Phi) is 7.80. The summed E-state index contributed by atoms with van der Waals surface area (Å²) < 4.78 is 25.3. The number of amidine groups is 1. The van der Waals surface area contributed by atoms with Crippen molar-refractivity contribution in [3.8, 4) is 0 Å². The molecule has 1 aromatic carbocycles. The average molecular weight is 523 g/mol. The van der Waals surface area contributed by atoms with Crippen LogP contribution in [0.25, 0.3) is 0 Å². The van der Waals surface area contributed by atoms with Crippen LogP contribution in [0, 0.1) is 5.82 Å². The van der Waals surface area contributed by atoms with E-state index in [0.29, 0.717) is 29.7 Å². The van der Waals surface area contributed by atoms with Crippen LogP contribution in [0.4, 0.5) is 4.39 Å². The molecule has 2 N–H and O–H groups in total. The van der Waals surface area contributed by atoms with E-state index in [0.717, 1.165) is 0 Å². The standard InChI is InChI=1S/C23H24ClFN4O5S/c1-12(2)34-23(32)17-15(10-29-7-8-33-11-16(29)22(30)31)27-20(21-26-6-9-35-21)28-19(17)13-4-3-5-14(25)18(13)24/h3-6,9,12,16,19H,7-8,10-11H2,1-2H3,(H,27,28)(H,30,31). The average Bonchev–Trinajstić information content (AvgIpc) is 3.35. The van der Waals surface area contributed by atoms with Gasteiger partial charge in [-0.1, -0.05) is 23.7 Å². The lowest BCUT2D eigenvalue weighted by atomic mass is 9.94. The van der Waals surface area contributed by atoms with Crippen molar-refractivity contribution in [3.63, 3.8) is 0 Å². The molecule has 2 unspecified atom stereocenters. The molecule has 2 aliphatic heterocycles. The smallest absolute Gasteiger partial charge is 0.338 e. The van der Waals surface area contributed by atoms with Crippen molar-refractivity contribution in [2.45, 2.75) is 32.0 Å². The zero-order chi connectivity index (χ0) is 25.1. The van der Waals surface area contributed by atoms with E-state index >= 15 is 0 Å². The molecule has 3 heterocycles. The first kappa shape index (κ1) is 25.2. The highest BCUT2D eigenvalue weighted by Crippen LogP contribution is 2.37. The number of nitrogens with zero attached hydrogens (tertiary/aromatic N) is 3. The van der Waals surface area contributed by atoms with Crippen LogP contribution < -0.4 is 5.32 Å². The lowest BCUT2D eigenvalue weighted by Gasteiger charge is -2.35. The molecule has 1 fully saturated rings. The SMILES string of the molecule is CC(C)OC(=O)C1=C(CN2CCOCC2C(=O)O)NC(c2nccs2)=NC1c1cccc(F)c1Cl. The number of aromatic nitrogens is 1. The number of carboxylic acid groups (broad SMARTS) is 1. The molecule has 0 aliphatic carbocycles. The minimum atomic E-state index is -1.04. The Hall–Kier alpha value is -2.86. The number of esters is 1. The number of morpholine rings is 1. The Morgan fingerprint density at radius 3 is 2.91 bits per heavy atom. The van der Waals surface area contributed by atoms with Gasteiger partial charge in [-0.25, -0.2) is 14.2 Å². The molecule has 0 radical (unpaired) electrons. The summed E-state index contributed by atoms with van der Waals surface area (Å²) >= 11 is 7.65. The van der Waals surface area contributed by atoms with Crippen LogP contribution in [-0.4, -0.2) is 71.2 Å². The summed E-state index contributed by atoms with van der Waals surface area (Å²) in [4.78, 5) is 35.9. The molecule has 186 valence electrons. The molecule has 1 saturated heterocycles. The first-order chi connectivity index (χ1) is 16.8. The van der Waals surface area contributed by atoms with Crippen LogP contribution in [0.5, 0.6) is 0 Å². The predicted molar refractivity (Wildman–Crippen MR) is 128 cm³/mol. The topological polar surface area (TPSA) is 113 Å². The number of nitrogens with one attached hydrogen (secondary N) is 1. The number of hydrogen-bond donors (Lipinski definition) is 2. The fourth-order valence-electron chi connectivity index (χ4n) is 3.90. The molecule has 9 nitrogen and oxygen atoms in total. The van der Waals surface area contributed by atoms with Crippen LogP contribution in [0.3, 0.4) is 0 Å². The summed E-state index contributed by atoms with van der Waals surface area (Å²) in [6, 6.07) is 2.41. The van der Waals surface area contributed by atoms with E-state index in [-0.39, 0.29) is 29.3 Å². The first-order valence-electron chi connectivity index (χ1n) is 10.9. The molecule has 0 saturated carbocycles. The molecule has 0 spiro atoms. The maximum absolute atomic E-state index is 14.4. The highest BCUT2D eigenvalue weighted by molar-refractivity contribution is 7.11. The number of halogens is 2. The number of benzene rings is 1. The molecule has 4 rings (SSSR count). The zero-order valence-electron chi connectivity index (χ0n) is 19.0. The number of hydrogen-bond acceptors (Lipinski definition) is 9. The quantitative estimate of drug-likeness (QED) is 0.533. The van der Waals surface area contributed by atoms with Crippen LogP contribution in [0.15, 0.2) is 46.0 Å². The highest BCUT2D eigenvalue weighted by Gasteiger charge is 2.37. The summed E-state index contributed by atoms with van der Waals surface area (Å²) in [5, 5.41) is 15.0. The van der Waals surface area contributed by atoms with Gasteiger partial charge in [-0.3, -0.25) is 14.7 Å². The van der Waals surface area contributed by atoms with Gasteiger partial charge >= 0.3 is 11.9 Å². The monoisotopic (exact) mass is 522 g/mol. The van der Waals surface area contributed by atoms with Gasteiger partial charge in [-0.05, 0) is 19.9 Å². The first-order valence-corrected chi connectivity index (χ1v) is 12.2. The molecule has 0 amide bonds. The number of rotatable bonds is 7. The summed E-state index contributed by atoms with van der Waals surface area (Å²) in [6.07, 6.45) is 1.18. The number of ether oxygens (including phenoxy) is 2. The fourth-order valence-corrected chi connectivity index (χ4v) is 4.72. The molecular formula is C23H24ClFN4O5S. The number of aliphatic carboxylic acids is 1. The Balaban J connectivity index is 1.85. The van der Waals surface area contributed by atoms with E-state index in [1.54, 1.807) is 36.4 Å². The molecule has 2 aromatic rings. The van der Waals surface area contributed by atoms with Gasteiger partial charge in [0.15, 0.2) is 10.8 Å². The van der Waals surface area contributed by atoms with Gasteiger partial charge in [0.25, 0.3) is 0 Å². The Labute approximate surface area is 210 Å². The third-order valence-electron chi connectivity index (χ3n) is 5.49. The van der Waals surface area contributed by atoms with E-state index in [1.165, 1.54) is 23.5 Å². The Bertz CT molecular complexity index is 1170.